The summed E-state index contributed by atoms with van der Waals surface area (Å²) in [6.07, 6.45) is 0.207. The van der Waals surface area contributed by atoms with Crippen LogP contribution in [0.25, 0.3) is 0 Å². The molecule has 1 aliphatic heterocycles. The van der Waals surface area contributed by atoms with Crippen molar-refractivity contribution in [2.24, 2.45) is 5.92 Å². The summed E-state index contributed by atoms with van der Waals surface area (Å²) in [5.41, 5.74) is 1.56. The first-order chi connectivity index (χ1) is 13.1. The van der Waals surface area contributed by atoms with Gasteiger partial charge in [-0.15, -0.1) is 0 Å². The molecule has 2 aromatic carbocycles. The van der Waals surface area contributed by atoms with Crippen molar-refractivity contribution in [3.63, 3.8) is 0 Å². The van der Waals surface area contributed by atoms with Gasteiger partial charge in [-0.25, -0.2) is 0 Å². The number of rotatable bonds is 4. The second-order valence-electron chi connectivity index (χ2n) is 6.11. The standard InChI is InChI=1S/C21H19BrN2O3/c1-27-19-10-3-2-6-15(19)7-5-11-23-21(26)16-12-20(25)24(14-16)18-9-4-8-17(22)13-18/h2-4,6,8-10,13,16H,11-12,14H2,1H3,(H,23,26). The minimum absolute atomic E-state index is 0.0478. The molecule has 6 heteroatoms. The molecule has 5 nitrogen and oxygen atoms in total. The van der Waals surface area contributed by atoms with Crippen molar-refractivity contribution < 1.29 is 14.3 Å². The van der Waals surface area contributed by atoms with Gasteiger partial charge in [-0.1, -0.05) is 46.0 Å². The van der Waals surface area contributed by atoms with E-state index in [4.69, 9.17) is 4.74 Å². The average molecular weight is 427 g/mol. The van der Waals surface area contributed by atoms with E-state index in [0.717, 1.165) is 15.7 Å². The zero-order valence-corrected chi connectivity index (χ0v) is 16.5. The number of nitrogens with zero attached hydrogens (tertiary/aromatic N) is 1. The molecule has 2 amide bonds. The highest BCUT2D eigenvalue weighted by Crippen LogP contribution is 2.27. The molecule has 2 aromatic rings. The molecular formula is C21H19BrN2O3. The van der Waals surface area contributed by atoms with Crippen molar-refractivity contribution in [3.8, 4) is 17.6 Å². The van der Waals surface area contributed by atoms with E-state index in [1.54, 1.807) is 12.0 Å². The molecule has 1 N–H and O–H groups in total. The Labute approximate surface area is 166 Å². The number of carbonyl (C=O) groups is 2. The van der Waals surface area contributed by atoms with E-state index in [1.165, 1.54) is 0 Å². The van der Waals surface area contributed by atoms with E-state index >= 15 is 0 Å². The lowest BCUT2D eigenvalue weighted by molar-refractivity contribution is -0.126. The molecule has 138 valence electrons. The summed E-state index contributed by atoms with van der Waals surface area (Å²) < 4.78 is 6.14. The van der Waals surface area contributed by atoms with Crippen LogP contribution in [0, 0.1) is 17.8 Å². The molecule has 0 saturated carbocycles. The van der Waals surface area contributed by atoms with E-state index in [9.17, 15) is 9.59 Å². The van der Waals surface area contributed by atoms with Crippen LogP contribution in [0.2, 0.25) is 0 Å². The van der Waals surface area contributed by atoms with Crippen molar-refractivity contribution in [1.82, 2.24) is 5.32 Å². The van der Waals surface area contributed by atoms with E-state index in [-0.39, 0.29) is 30.7 Å². The van der Waals surface area contributed by atoms with E-state index in [2.05, 4.69) is 33.1 Å². The van der Waals surface area contributed by atoms with Crippen LogP contribution in [0.15, 0.2) is 53.0 Å². The summed E-state index contributed by atoms with van der Waals surface area (Å²) >= 11 is 3.40. The minimum atomic E-state index is -0.371. The number of hydrogen-bond acceptors (Lipinski definition) is 3. The van der Waals surface area contributed by atoms with Crippen molar-refractivity contribution in [2.45, 2.75) is 6.42 Å². The monoisotopic (exact) mass is 426 g/mol. The Bertz CT molecular complexity index is 917. The Kier molecular flexibility index (Phi) is 6.15. The lowest BCUT2D eigenvalue weighted by Crippen LogP contribution is -2.33. The van der Waals surface area contributed by atoms with Crippen LogP contribution in [0.1, 0.15) is 12.0 Å². The third-order valence-electron chi connectivity index (χ3n) is 4.30. The molecule has 1 saturated heterocycles. The average Bonchev–Trinajstić information content (AvgIpc) is 3.07. The fraction of sp³-hybridized carbons (Fsp3) is 0.238. The largest absolute Gasteiger partial charge is 0.495 e. The fourth-order valence-corrected chi connectivity index (χ4v) is 3.33. The number of benzene rings is 2. The molecule has 1 unspecified atom stereocenters. The van der Waals surface area contributed by atoms with Gasteiger partial charge < -0.3 is 15.0 Å². The Hall–Kier alpha value is -2.78. The Balaban J connectivity index is 1.57. The molecular weight excluding hydrogens is 408 g/mol. The highest BCUT2D eigenvalue weighted by atomic mass is 79.9. The normalized spacial score (nSPS) is 15.9. The molecule has 3 rings (SSSR count). The van der Waals surface area contributed by atoms with E-state index in [0.29, 0.717) is 12.3 Å². The number of para-hydroxylation sites is 1. The van der Waals surface area contributed by atoms with E-state index in [1.807, 2.05) is 48.5 Å². The molecule has 1 aliphatic rings. The van der Waals surface area contributed by atoms with Crippen LogP contribution in [-0.4, -0.2) is 32.0 Å². The molecule has 1 atom stereocenters. The number of hydrogen-bond donors (Lipinski definition) is 1. The quantitative estimate of drug-likeness (QED) is 0.764. The van der Waals surface area contributed by atoms with Crippen LogP contribution in [0.3, 0.4) is 0 Å². The fourth-order valence-electron chi connectivity index (χ4n) is 2.94. The van der Waals surface area contributed by atoms with Crippen molar-refractivity contribution >= 4 is 33.4 Å². The predicted octanol–water partition coefficient (Wildman–Crippen LogP) is 2.98. The number of nitrogens with one attached hydrogen (secondary N) is 1. The number of ether oxygens (including phenoxy) is 1. The highest BCUT2D eigenvalue weighted by Gasteiger charge is 2.34. The molecule has 1 fully saturated rings. The highest BCUT2D eigenvalue weighted by molar-refractivity contribution is 9.10. The van der Waals surface area contributed by atoms with Crippen LogP contribution in [0.5, 0.6) is 5.75 Å². The summed E-state index contributed by atoms with van der Waals surface area (Å²) in [7, 11) is 1.59. The van der Waals surface area contributed by atoms with Crippen molar-refractivity contribution in [3.05, 3.63) is 58.6 Å². The minimum Gasteiger partial charge on any atom is -0.495 e. The number of methoxy groups -OCH3 is 1. The van der Waals surface area contributed by atoms with Gasteiger partial charge >= 0.3 is 0 Å². The second-order valence-corrected chi connectivity index (χ2v) is 7.02. The molecule has 0 aliphatic carbocycles. The molecule has 0 bridgehead atoms. The van der Waals surface area contributed by atoms with Crippen molar-refractivity contribution in [2.75, 3.05) is 25.1 Å². The predicted molar refractivity (Wildman–Crippen MR) is 107 cm³/mol. The first-order valence-corrected chi connectivity index (χ1v) is 9.33. The number of amides is 2. The van der Waals surface area contributed by atoms with Gasteiger partial charge in [0.15, 0.2) is 0 Å². The number of halogens is 1. The molecule has 1 heterocycles. The van der Waals surface area contributed by atoms with Gasteiger partial charge in [-0.05, 0) is 30.3 Å². The lowest BCUT2D eigenvalue weighted by Gasteiger charge is -2.16. The second kappa shape index (κ2) is 8.74. The summed E-state index contributed by atoms with van der Waals surface area (Å²) in [4.78, 5) is 26.3. The van der Waals surface area contributed by atoms with Crippen LogP contribution >= 0.6 is 15.9 Å². The van der Waals surface area contributed by atoms with Gasteiger partial charge in [0.25, 0.3) is 0 Å². The Morgan fingerprint density at radius 1 is 1.30 bits per heavy atom. The first-order valence-electron chi connectivity index (χ1n) is 8.54. The van der Waals surface area contributed by atoms with Gasteiger partial charge in [0.05, 0.1) is 25.1 Å². The van der Waals surface area contributed by atoms with E-state index < -0.39 is 0 Å². The Morgan fingerprint density at radius 2 is 2.11 bits per heavy atom. The summed E-state index contributed by atoms with van der Waals surface area (Å²) in [6, 6.07) is 15.0. The maximum Gasteiger partial charge on any atom is 0.227 e. The van der Waals surface area contributed by atoms with Gasteiger partial charge in [0, 0.05) is 23.1 Å². The molecule has 0 spiro atoms. The van der Waals surface area contributed by atoms with Crippen LogP contribution in [-0.2, 0) is 9.59 Å². The zero-order chi connectivity index (χ0) is 19.2. The first kappa shape index (κ1) is 19.0. The third-order valence-corrected chi connectivity index (χ3v) is 4.79. The van der Waals surface area contributed by atoms with Gasteiger partial charge in [0.1, 0.15) is 5.75 Å². The molecule has 0 radical (unpaired) electrons. The lowest BCUT2D eigenvalue weighted by atomic mass is 10.1. The van der Waals surface area contributed by atoms with Crippen LogP contribution < -0.4 is 15.0 Å². The number of anilines is 1. The van der Waals surface area contributed by atoms with Crippen LogP contribution in [0.4, 0.5) is 5.69 Å². The van der Waals surface area contributed by atoms with Gasteiger partial charge in [-0.3, -0.25) is 9.59 Å². The van der Waals surface area contributed by atoms with Gasteiger partial charge in [0.2, 0.25) is 11.8 Å². The Morgan fingerprint density at radius 3 is 2.89 bits per heavy atom. The number of carbonyl (C=O) groups excluding carboxylic acids is 2. The van der Waals surface area contributed by atoms with Gasteiger partial charge in [-0.2, -0.15) is 0 Å². The smallest absolute Gasteiger partial charge is 0.227 e. The van der Waals surface area contributed by atoms with Crippen molar-refractivity contribution in [1.29, 1.82) is 0 Å². The zero-order valence-electron chi connectivity index (χ0n) is 14.9. The summed E-state index contributed by atoms with van der Waals surface area (Å²) in [5, 5.41) is 2.79. The topological polar surface area (TPSA) is 58.6 Å². The maximum absolute atomic E-state index is 12.4. The molecule has 27 heavy (non-hydrogen) atoms. The third kappa shape index (κ3) is 4.69. The summed E-state index contributed by atoms with van der Waals surface area (Å²) in [5.74, 6) is 6.03. The summed E-state index contributed by atoms with van der Waals surface area (Å²) in [6.45, 7) is 0.597. The SMILES string of the molecule is COc1ccccc1C#CCNC(=O)C1CC(=O)N(c2cccc(Br)c2)C1. The maximum atomic E-state index is 12.4. The molecule has 0 aromatic heterocycles.